The molecule has 4 bridgehead atoms. The molecule has 4 heterocycles. The maximum atomic E-state index is 10.5. The molecule has 0 aliphatic carbocycles. The Labute approximate surface area is 152 Å². The van der Waals surface area contributed by atoms with Crippen molar-refractivity contribution >= 4 is 0 Å². The third-order valence-electron chi connectivity index (χ3n) is 4.65. The van der Waals surface area contributed by atoms with Crippen molar-refractivity contribution in [3.63, 3.8) is 0 Å². The number of ether oxygens (including phenoxy) is 2. The van der Waals surface area contributed by atoms with Crippen LogP contribution in [0.5, 0.6) is 11.5 Å². The van der Waals surface area contributed by atoms with E-state index in [0.29, 0.717) is 35.8 Å². The van der Waals surface area contributed by atoms with Gasteiger partial charge in [-0.3, -0.25) is 0 Å². The van der Waals surface area contributed by atoms with Crippen molar-refractivity contribution in [2.75, 3.05) is 0 Å². The van der Waals surface area contributed by atoms with E-state index in [4.69, 9.17) is 9.47 Å². The normalized spacial score (nSPS) is 19.5. The zero-order valence-corrected chi connectivity index (χ0v) is 14.2. The number of benzene rings is 3. The lowest BCUT2D eigenvalue weighted by Gasteiger charge is -2.20. The van der Waals surface area contributed by atoms with Gasteiger partial charge in [0.2, 0.25) is 0 Å². The van der Waals surface area contributed by atoms with Gasteiger partial charge in [0.1, 0.15) is 36.9 Å². The average molecular weight is 348 g/mol. The van der Waals surface area contributed by atoms with E-state index < -0.39 is 12.2 Å². The fourth-order valence-electron chi connectivity index (χ4n) is 3.05. The molecule has 3 aromatic carbocycles. The lowest BCUT2D eigenvalue weighted by molar-refractivity contribution is 0.0172. The summed E-state index contributed by atoms with van der Waals surface area (Å²) in [4.78, 5) is 0. The molecule has 7 rings (SSSR count). The van der Waals surface area contributed by atoms with E-state index >= 15 is 0 Å². The first-order chi connectivity index (χ1) is 12.7. The summed E-state index contributed by atoms with van der Waals surface area (Å²) >= 11 is 0. The Morgan fingerprint density at radius 2 is 0.962 bits per heavy atom. The van der Waals surface area contributed by atoms with E-state index in [2.05, 4.69) is 0 Å². The summed E-state index contributed by atoms with van der Waals surface area (Å²) in [5.74, 6) is 1.42. The Kier molecular flexibility index (Phi) is 4.61. The number of hydrogen-bond donors (Lipinski definition) is 2. The first-order valence-corrected chi connectivity index (χ1v) is 8.59. The van der Waals surface area contributed by atoms with Crippen LogP contribution in [0.4, 0.5) is 0 Å². The third-order valence-corrected chi connectivity index (χ3v) is 4.65. The molecule has 4 aliphatic rings. The molecule has 4 aliphatic heterocycles. The number of aliphatic hydroxyl groups is 2. The molecular weight excluding hydrogens is 328 g/mol. The average Bonchev–Trinajstić information content (AvgIpc) is 2.70. The van der Waals surface area contributed by atoms with E-state index in [1.807, 2.05) is 24.3 Å². The minimum atomic E-state index is -1.01. The van der Waals surface area contributed by atoms with Gasteiger partial charge in [0.15, 0.2) is 0 Å². The highest BCUT2D eigenvalue weighted by Crippen LogP contribution is 2.31. The van der Waals surface area contributed by atoms with E-state index in [1.165, 1.54) is 0 Å². The Morgan fingerprint density at radius 1 is 0.577 bits per heavy atom. The molecular formula is C22H20O4. The standard InChI is InChI=1S/C22H20O4/c23-21-15-5-9-19(10-6-15)25-13-17-3-1-2-4-18(17)14-26-20-11-7-16(8-12-20)22(21)24/h1-12,21-24H,13-14H2/t21-,22+. The number of rotatable bonds is 0. The van der Waals surface area contributed by atoms with Crippen molar-refractivity contribution in [1.82, 2.24) is 0 Å². The molecule has 0 spiro atoms. The summed E-state index contributed by atoms with van der Waals surface area (Å²) in [6.45, 7) is 0.867. The van der Waals surface area contributed by atoms with Gasteiger partial charge in [0, 0.05) is 0 Å². The van der Waals surface area contributed by atoms with E-state index in [9.17, 15) is 10.2 Å². The lowest BCUT2D eigenvalue weighted by Crippen LogP contribution is -2.11. The number of hydrogen-bond acceptors (Lipinski definition) is 4. The Bertz CT molecular complexity index is 797. The van der Waals surface area contributed by atoms with Crippen molar-refractivity contribution in [1.29, 1.82) is 0 Å². The van der Waals surface area contributed by atoms with E-state index in [1.54, 1.807) is 48.5 Å². The van der Waals surface area contributed by atoms with Crippen LogP contribution in [0.15, 0.2) is 72.8 Å². The van der Waals surface area contributed by atoms with Crippen LogP contribution in [0.1, 0.15) is 34.5 Å². The molecule has 0 amide bonds. The molecule has 4 heteroatoms. The van der Waals surface area contributed by atoms with Crippen LogP contribution in [0.25, 0.3) is 0 Å². The molecule has 132 valence electrons. The smallest absolute Gasteiger partial charge is 0.119 e. The Balaban J connectivity index is 1.72. The van der Waals surface area contributed by atoms with Gasteiger partial charge in [0.05, 0.1) is 0 Å². The van der Waals surface area contributed by atoms with Crippen LogP contribution in [0, 0.1) is 0 Å². The minimum Gasteiger partial charge on any atom is -0.489 e. The summed E-state index contributed by atoms with van der Waals surface area (Å²) in [5, 5.41) is 20.9. The van der Waals surface area contributed by atoms with Gasteiger partial charge in [-0.2, -0.15) is 0 Å². The second-order valence-corrected chi connectivity index (χ2v) is 6.37. The summed E-state index contributed by atoms with van der Waals surface area (Å²) in [6.07, 6.45) is -2.02. The fraction of sp³-hybridized carbons (Fsp3) is 0.182. The molecule has 0 saturated carbocycles. The molecule has 4 nitrogen and oxygen atoms in total. The van der Waals surface area contributed by atoms with Gasteiger partial charge >= 0.3 is 0 Å². The molecule has 0 aromatic heterocycles. The molecule has 0 saturated heterocycles. The quantitative estimate of drug-likeness (QED) is 0.646. The van der Waals surface area contributed by atoms with Crippen molar-refractivity contribution in [3.05, 3.63) is 95.1 Å². The SMILES string of the molecule is O[C@@H]1c2ccc(cc2)OCc2ccccc2COc2ccc(cc2)[C@@H]1O. The lowest BCUT2D eigenvalue weighted by atomic mass is 9.98. The van der Waals surface area contributed by atoms with Crippen LogP contribution >= 0.6 is 0 Å². The maximum Gasteiger partial charge on any atom is 0.119 e. The van der Waals surface area contributed by atoms with Crippen LogP contribution in [-0.4, -0.2) is 10.2 Å². The highest BCUT2D eigenvalue weighted by atomic mass is 16.5. The molecule has 2 N–H and O–H groups in total. The Hall–Kier alpha value is -2.82. The highest BCUT2D eigenvalue weighted by molar-refractivity contribution is 5.34. The molecule has 0 radical (unpaired) electrons. The zero-order chi connectivity index (χ0) is 17.9. The van der Waals surface area contributed by atoms with E-state index in [-0.39, 0.29) is 0 Å². The fourth-order valence-corrected chi connectivity index (χ4v) is 3.05. The highest BCUT2D eigenvalue weighted by Gasteiger charge is 2.20. The van der Waals surface area contributed by atoms with Crippen molar-refractivity contribution in [2.24, 2.45) is 0 Å². The summed E-state index contributed by atoms with van der Waals surface area (Å²) in [6, 6.07) is 22.3. The monoisotopic (exact) mass is 348 g/mol. The van der Waals surface area contributed by atoms with Crippen molar-refractivity contribution < 1.29 is 19.7 Å². The maximum absolute atomic E-state index is 10.5. The number of aliphatic hydroxyl groups excluding tert-OH is 2. The summed E-state index contributed by atoms with van der Waals surface area (Å²) in [5.41, 5.74) is 3.40. The predicted molar refractivity (Wildman–Crippen MR) is 97.9 cm³/mol. The van der Waals surface area contributed by atoms with Gasteiger partial charge in [-0.25, -0.2) is 0 Å². The van der Waals surface area contributed by atoms with Crippen LogP contribution in [0.3, 0.4) is 0 Å². The topological polar surface area (TPSA) is 58.9 Å². The largest absolute Gasteiger partial charge is 0.489 e. The van der Waals surface area contributed by atoms with Gasteiger partial charge in [-0.15, -0.1) is 0 Å². The molecule has 0 unspecified atom stereocenters. The third kappa shape index (κ3) is 3.43. The van der Waals surface area contributed by atoms with Gasteiger partial charge in [-0.1, -0.05) is 48.5 Å². The molecule has 2 atom stereocenters. The van der Waals surface area contributed by atoms with Crippen LogP contribution in [0.2, 0.25) is 0 Å². The zero-order valence-electron chi connectivity index (χ0n) is 14.2. The Morgan fingerprint density at radius 3 is 1.35 bits per heavy atom. The second kappa shape index (κ2) is 7.20. The first-order valence-electron chi connectivity index (χ1n) is 8.59. The molecule has 3 aromatic rings. The first kappa shape index (κ1) is 16.6. The van der Waals surface area contributed by atoms with E-state index in [0.717, 1.165) is 11.1 Å². The molecule has 0 fully saturated rings. The summed E-state index contributed by atoms with van der Waals surface area (Å²) < 4.78 is 11.7. The minimum absolute atomic E-state index is 0.434. The predicted octanol–water partition coefficient (Wildman–Crippen LogP) is 3.93. The van der Waals surface area contributed by atoms with Crippen LogP contribution in [-0.2, 0) is 13.2 Å². The summed E-state index contributed by atoms with van der Waals surface area (Å²) in [7, 11) is 0. The van der Waals surface area contributed by atoms with Gasteiger partial charge in [-0.05, 0) is 46.5 Å². The van der Waals surface area contributed by atoms with Crippen molar-refractivity contribution in [3.8, 4) is 11.5 Å². The van der Waals surface area contributed by atoms with Gasteiger partial charge in [0.25, 0.3) is 0 Å². The van der Waals surface area contributed by atoms with Crippen molar-refractivity contribution in [2.45, 2.75) is 25.4 Å². The van der Waals surface area contributed by atoms with Gasteiger partial charge < -0.3 is 19.7 Å². The van der Waals surface area contributed by atoms with Crippen LogP contribution < -0.4 is 9.47 Å². The molecule has 26 heavy (non-hydrogen) atoms. The second-order valence-electron chi connectivity index (χ2n) is 6.37.